The van der Waals surface area contributed by atoms with Crippen LogP contribution in [0.4, 0.5) is 0 Å². The highest BCUT2D eigenvalue weighted by molar-refractivity contribution is 6.30. The summed E-state index contributed by atoms with van der Waals surface area (Å²) in [5, 5.41) is 8.02. The molecule has 4 aromatic rings. The largest absolute Gasteiger partial charge is 0.493 e. The zero-order valence-corrected chi connectivity index (χ0v) is 22.7. The van der Waals surface area contributed by atoms with Crippen molar-refractivity contribution in [3.05, 3.63) is 76.4 Å². The number of carbonyl (C=O) groups excluding carboxylic acids is 1. The minimum absolute atomic E-state index is 0.0983. The summed E-state index contributed by atoms with van der Waals surface area (Å²) in [7, 11) is 3.25. The quantitative estimate of drug-likeness (QED) is 0.299. The second kappa shape index (κ2) is 11.7. The van der Waals surface area contributed by atoms with E-state index in [0.29, 0.717) is 27.7 Å². The summed E-state index contributed by atoms with van der Waals surface area (Å²) in [6.45, 7) is 5.80. The van der Waals surface area contributed by atoms with Crippen molar-refractivity contribution in [1.82, 2.24) is 19.5 Å². The number of hydrogen-bond donors (Lipinski definition) is 1. The first-order chi connectivity index (χ1) is 18.2. The average Bonchev–Trinajstić information content (AvgIpc) is 3.33. The minimum atomic E-state index is -0.472. The fraction of sp³-hybridized carbons (Fsp3) is 0.321. The molecule has 0 aliphatic heterocycles. The topological polar surface area (TPSA) is 96.1 Å². The van der Waals surface area contributed by atoms with Gasteiger partial charge in [0, 0.05) is 22.8 Å². The summed E-state index contributed by atoms with van der Waals surface area (Å²) in [4.78, 5) is 25.7. The van der Waals surface area contributed by atoms with E-state index < -0.39 is 12.1 Å². The molecule has 10 heteroatoms. The molecule has 2 aromatic heterocycles. The predicted molar refractivity (Wildman–Crippen MR) is 147 cm³/mol. The van der Waals surface area contributed by atoms with E-state index in [1.165, 1.54) is 18.0 Å². The Kier molecular flexibility index (Phi) is 8.38. The lowest BCUT2D eigenvalue weighted by Gasteiger charge is -2.22. The maximum atomic E-state index is 13.3. The van der Waals surface area contributed by atoms with Crippen molar-refractivity contribution in [1.29, 1.82) is 0 Å². The van der Waals surface area contributed by atoms with Crippen LogP contribution >= 0.6 is 11.6 Å². The van der Waals surface area contributed by atoms with E-state index >= 15 is 0 Å². The maximum Gasteiger partial charge on any atom is 0.323 e. The number of hydrogen-bond acceptors (Lipinski definition) is 7. The highest BCUT2D eigenvalue weighted by Crippen LogP contribution is 2.30. The van der Waals surface area contributed by atoms with Gasteiger partial charge >= 0.3 is 5.97 Å². The second-order valence-electron chi connectivity index (χ2n) is 9.28. The standard InChI is InChI=1S/C28H31ClN4O5/c1-17(2)26(30-4)28(35)38-18(3)15-37-24-11-10-22(13-25(24)36-5)32-16-31-33-14-20(12-23(33)27(32)34)19-6-8-21(29)9-7-19/h6-14,16-18,26,30H,15H2,1-5H3/t18-,26+/m1/s1. The van der Waals surface area contributed by atoms with Crippen LogP contribution in [0.3, 0.4) is 0 Å². The van der Waals surface area contributed by atoms with E-state index in [1.807, 2.05) is 26.0 Å². The molecular formula is C28H31ClN4O5. The lowest BCUT2D eigenvalue weighted by Crippen LogP contribution is -2.41. The predicted octanol–water partition coefficient (Wildman–Crippen LogP) is 4.37. The van der Waals surface area contributed by atoms with Gasteiger partial charge in [-0.1, -0.05) is 37.6 Å². The summed E-state index contributed by atoms with van der Waals surface area (Å²) >= 11 is 6.00. The van der Waals surface area contributed by atoms with Crippen LogP contribution < -0.4 is 20.3 Å². The van der Waals surface area contributed by atoms with Gasteiger partial charge in [-0.25, -0.2) is 4.52 Å². The van der Waals surface area contributed by atoms with Gasteiger partial charge in [0.15, 0.2) is 11.5 Å². The average molecular weight is 539 g/mol. The second-order valence-corrected chi connectivity index (χ2v) is 9.71. The van der Waals surface area contributed by atoms with Crippen LogP contribution in [-0.2, 0) is 9.53 Å². The van der Waals surface area contributed by atoms with Crippen LogP contribution in [0.1, 0.15) is 20.8 Å². The molecule has 0 amide bonds. The van der Waals surface area contributed by atoms with Crippen LogP contribution in [0.2, 0.25) is 5.02 Å². The molecule has 2 atom stereocenters. The Morgan fingerprint density at radius 3 is 2.45 bits per heavy atom. The molecule has 0 radical (unpaired) electrons. The van der Waals surface area contributed by atoms with Crippen LogP contribution in [0.25, 0.3) is 22.3 Å². The molecule has 0 aliphatic rings. The van der Waals surface area contributed by atoms with Crippen LogP contribution in [0.15, 0.2) is 65.8 Å². The summed E-state index contributed by atoms with van der Waals surface area (Å²) in [6, 6.07) is 13.9. The third-order valence-electron chi connectivity index (χ3n) is 6.16. The Bertz CT molecular complexity index is 1480. The van der Waals surface area contributed by atoms with Gasteiger partial charge in [0.25, 0.3) is 5.56 Å². The molecule has 1 N–H and O–H groups in total. The first kappa shape index (κ1) is 27.2. The highest BCUT2D eigenvalue weighted by atomic mass is 35.5. The molecule has 200 valence electrons. The summed E-state index contributed by atoms with van der Waals surface area (Å²) in [5.74, 6) is 0.664. The number of esters is 1. The highest BCUT2D eigenvalue weighted by Gasteiger charge is 2.24. The lowest BCUT2D eigenvalue weighted by atomic mass is 10.1. The Balaban J connectivity index is 1.52. The van der Waals surface area contributed by atoms with Crippen molar-refractivity contribution >= 4 is 23.1 Å². The summed E-state index contributed by atoms with van der Waals surface area (Å²) < 4.78 is 19.9. The SMILES string of the molecule is CN[C@H](C(=O)O[C@H](C)COc1ccc(-n2cnn3cc(-c4ccc(Cl)cc4)cc3c2=O)cc1OC)C(C)C. The lowest BCUT2D eigenvalue weighted by molar-refractivity contribution is -0.153. The van der Waals surface area contributed by atoms with E-state index in [-0.39, 0.29) is 24.1 Å². The summed E-state index contributed by atoms with van der Waals surface area (Å²) in [6.07, 6.45) is 2.79. The van der Waals surface area contributed by atoms with Gasteiger partial charge in [-0.05, 0) is 55.8 Å². The summed E-state index contributed by atoms with van der Waals surface area (Å²) in [5.41, 5.74) is 2.54. The van der Waals surface area contributed by atoms with Crippen molar-refractivity contribution in [2.24, 2.45) is 5.92 Å². The molecule has 2 heterocycles. The number of likely N-dealkylation sites (N-methyl/N-ethyl adjacent to an activating group) is 1. The molecule has 0 saturated carbocycles. The number of nitrogens with zero attached hydrogens (tertiary/aromatic N) is 3. The Labute approximate surface area is 225 Å². The van der Waals surface area contributed by atoms with Gasteiger partial charge in [0.05, 0.1) is 12.8 Å². The number of nitrogens with one attached hydrogen (secondary N) is 1. The zero-order valence-electron chi connectivity index (χ0n) is 22.0. The fourth-order valence-corrected chi connectivity index (χ4v) is 4.26. The molecule has 0 spiro atoms. The minimum Gasteiger partial charge on any atom is -0.493 e. The molecule has 0 unspecified atom stereocenters. The van der Waals surface area contributed by atoms with Crippen LogP contribution in [0, 0.1) is 5.92 Å². The Morgan fingerprint density at radius 2 is 1.79 bits per heavy atom. The van der Waals surface area contributed by atoms with Gasteiger partial charge in [0.2, 0.25) is 0 Å². The van der Waals surface area contributed by atoms with E-state index in [1.54, 1.807) is 61.1 Å². The molecule has 0 bridgehead atoms. The van der Waals surface area contributed by atoms with Crippen molar-refractivity contribution < 1.29 is 19.0 Å². The number of methoxy groups -OCH3 is 1. The fourth-order valence-electron chi connectivity index (χ4n) is 4.14. The van der Waals surface area contributed by atoms with Crippen LogP contribution in [0.5, 0.6) is 11.5 Å². The van der Waals surface area contributed by atoms with Gasteiger partial charge < -0.3 is 19.5 Å². The molecule has 9 nitrogen and oxygen atoms in total. The van der Waals surface area contributed by atoms with Gasteiger partial charge in [-0.3, -0.25) is 14.2 Å². The van der Waals surface area contributed by atoms with E-state index in [2.05, 4.69) is 10.4 Å². The maximum absolute atomic E-state index is 13.3. The number of aromatic nitrogens is 3. The number of rotatable bonds is 10. The molecule has 0 fully saturated rings. The van der Waals surface area contributed by atoms with Crippen LogP contribution in [-0.4, -0.2) is 53.1 Å². The number of benzene rings is 2. The molecule has 4 rings (SSSR count). The third kappa shape index (κ3) is 5.84. The monoisotopic (exact) mass is 538 g/mol. The zero-order chi connectivity index (χ0) is 27.4. The molecule has 0 saturated heterocycles. The van der Waals surface area contributed by atoms with Crippen molar-refractivity contribution in [2.45, 2.75) is 32.9 Å². The van der Waals surface area contributed by atoms with Crippen molar-refractivity contribution in [2.75, 3.05) is 20.8 Å². The number of halogens is 1. The van der Waals surface area contributed by atoms with Gasteiger partial charge in [0.1, 0.15) is 30.6 Å². The van der Waals surface area contributed by atoms with Gasteiger partial charge in [-0.2, -0.15) is 5.10 Å². The third-order valence-corrected chi connectivity index (χ3v) is 6.41. The molecule has 0 aliphatic carbocycles. The smallest absolute Gasteiger partial charge is 0.323 e. The normalized spacial score (nSPS) is 12.9. The molecule has 2 aromatic carbocycles. The van der Waals surface area contributed by atoms with E-state index in [9.17, 15) is 9.59 Å². The Hall–Kier alpha value is -3.82. The van der Waals surface area contributed by atoms with Gasteiger partial charge in [-0.15, -0.1) is 0 Å². The number of ether oxygens (including phenoxy) is 3. The number of carbonyl (C=O) groups is 1. The molecular weight excluding hydrogens is 508 g/mol. The van der Waals surface area contributed by atoms with E-state index in [4.69, 9.17) is 25.8 Å². The number of fused-ring (bicyclic) bond motifs is 1. The first-order valence-electron chi connectivity index (χ1n) is 12.3. The van der Waals surface area contributed by atoms with Crippen molar-refractivity contribution in [3.63, 3.8) is 0 Å². The Morgan fingerprint density at radius 1 is 1.05 bits per heavy atom. The first-order valence-corrected chi connectivity index (χ1v) is 12.6. The molecule has 38 heavy (non-hydrogen) atoms. The van der Waals surface area contributed by atoms with Crippen molar-refractivity contribution in [3.8, 4) is 28.3 Å². The van der Waals surface area contributed by atoms with E-state index in [0.717, 1.165) is 11.1 Å².